The number of benzene rings is 2. The Morgan fingerprint density at radius 2 is 1.82 bits per heavy atom. The number of nitrogens with zero attached hydrogens (tertiary/aromatic N) is 3. The molecule has 0 fully saturated rings. The molecule has 3 aromatic rings. The monoisotopic (exact) mass is 378 g/mol. The third-order valence-electron chi connectivity index (χ3n) is 4.55. The Hall–Kier alpha value is -3.41. The van der Waals surface area contributed by atoms with Gasteiger partial charge in [0.1, 0.15) is 5.82 Å². The largest absolute Gasteiger partial charge is 0.378 e. The maximum atomic E-state index is 13.2. The predicted molar refractivity (Wildman–Crippen MR) is 111 cm³/mol. The number of anilines is 1. The van der Waals surface area contributed by atoms with Crippen molar-refractivity contribution in [2.45, 2.75) is 13.8 Å². The summed E-state index contributed by atoms with van der Waals surface area (Å²) < 4.78 is 15.2. The highest BCUT2D eigenvalue weighted by Crippen LogP contribution is 2.20. The molecule has 1 heterocycles. The van der Waals surface area contributed by atoms with Crippen LogP contribution >= 0.6 is 0 Å². The highest BCUT2D eigenvalue weighted by atomic mass is 19.1. The molecule has 0 spiro atoms. The van der Waals surface area contributed by atoms with Gasteiger partial charge in [0.25, 0.3) is 5.91 Å². The van der Waals surface area contributed by atoms with Crippen LogP contribution in [0.2, 0.25) is 0 Å². The molecule has 3 rings (SSSR count). The molecule has 0 aliphatic rings. The Morgan fingerprint density at radius 3 is 2.50 bits per heavy atom. The Balaban J connectivity index is 1.76. The molecule has 144 valence electrons. The number of aromatic nitrogens is 1. The Morgan fingerprint density at radius 1 is 1.11 bits per heavy atom. The van der Waals surface area contributed by atoms with Crippen LogP contribution in [0.1, 0.15) is 27.3 Å². The summed E-state index contributed by atoms with van der Waals surface area (Å²) in [5.41, 5.74) is 7.76. The molecule has 5 nitrogen and oxygen atoms in total. The standard InChI is InChI=1S/C22H23FN4O/c1-15-12-18(16(2)27(15)20-10-8-19(23)9-11-20)14-24-25-22(28)17-6-5-7-21(13-17)26(3)4/h5-14H,1-4H3,(H,25,28)/b24-14-. The highest BCUT2D eigenvalue weighted by Gasteiger charge is 2.10. The van der Waals surface area contributed by atoms with Gasteiger partial charge in [-0.1, -0.05) is 6.07 Å². The normalized spacial score (nSPS) is 11.0. The molecule has 0 atom stereocenters. The minimum Gasteiger partial charge on any atom is -0.378 e. The second kappa shape index (κ2) is 8.08. The van der Waals surface area contributed by atoms with Gasteiger partial charge in [0.15, 0.2) is 0 Å². The van der Waals surface area contributed by atoms with Gasteiger partial charge in [-0.05, 0) is 62.4 Å². The lowest BCUT2D eigenvalue weighted by molar-refractivity contribution is 0.0955. The van der Waals surface area contributed by atoms with E-state index in [0.717, 1.165) is 28.3 Å². The molecule has 0 bridgehead atoms. The molecule has 1 N–H and O–H groups in total. The van der Waals surface area contributed by atoms with Gasteiger partial charge in [-0.2, -0.15) is 5.10 Å². The topological polar surface area (TPSA) is 49.6 Å². The first kappa shape index (κ1) is 19.4. The van der Waals surface area contributed by atoms with Gasteiger partial charge in [0.2, 0.25) is 0 Å². The van der Waals surface area contributed by atoms with Crippen molar-refractivity contribution >= 4 is 17.8 Å². The molecule has 0 aliphatic heterocycles. The lowest BCUT2D eigenvalue weighted by Gasteiger charge is -2.12. The van der Waals surface area contributed by atoms with Crippen LogP contribution in [0.15, 0.2) is 59.7 Å². The first-order chi connectivity index (χ1) is 13.4. The van der Waals surface area contributed by atoms with Gasteiger partial charge in [-0.3, -0.25) is 4.79 Å². The fraction of sp³-hybridized carbons (Fsp3) is 0.182. The average molecular weight is 378 g/mol. The van der Waals surface area contributed by atoms with Crippen LogP contribution in [0.3, 0.4) is 0 Å². The van der Waals surface area contributed by atoms with Crippen molar-refractivity contribution in [1.82, 2.24) is 9.99 Å². The molecule has 0 saturated carbocycles. The maximum absolute atomic E-state index is 13.2. The van der Waals surface area contributed by atoms with E-state index in [9.17, 15) is 9.18 Å². The summed E-state index contributed by atoms with van der Waals surface area (Å²) in [6, 6.07) is 15.6. The SMILES string of the molecule is Cc1cc(/C=N\NC(=O)c2cccc(N(C)C)c2)c(C)n1-c1ccc(F)cc1. The van der Waals surface area contributed by atoms with Crippen LogP contribution < -0.4 is 10.3 Å². The van der Waals surface area contributed by atoms with E-state index in [2.05, 4.69) is 10.5 Å². The minimum atomic E-state index is -0.271. The second-order valence-corrected chi connectivity index (χ2v) is 6.78. The molecule has 28 heavy (non-hydrogen) atoms. The van der Waals surface area contributed by atoms with E-state index in [1.807, 2.05) is 61.7 Å². The maximum Gasteiger partial charge on any atom is 0.271 e. The van der Waals surface area contributed by atoms with E-state index in [4.69, 9.17) is 0 Å². The zero-order valence-electron chi connectivity index (χ0n) is 16.4. The third kappa shape index (κ3) is 4.11. The van der Waals surface area contributed by atoms with Crippen LogP contribution in [0.25, 0.3) is 5.69 Å². The van der Waals surface area contributed by atoms with E-state index in [-0.39, 0.29) is 11.7 Å². The summed E-state index contributed by atoms with van der Waals surface area (Å²) in [5, 5.41) is 4.10. The van der Waals surface area contributed by atoms with E-state index in [0.29, 0.717) is 5.56 Å². The molecular formula is C22H23FN4O. The van der Waals surface area contributed by atoms with E-state index >= 15 is 0 Å². The van der Waals surface area contributed by atoms with Crippen molar-refractivity contribution in [3.63, 3.8) is 0 Å². The van der Waals surface area contributed by atoms with Crippen LogP contribution in [-0.4, -0.2) is 30.8 Å². The Kier molecular flexibility index (Phi) is 5.59. The summed E-state index contributed by atoms with van der Waals surface area (Å²) in [4.78, 5) is 14.3. The van der Waals surface area contributed by atoms with Crippen LogP contribution in [0, 0.1) is 19.7 Å². The van der Waals surface area contributed by atoms with Crippen LogP contribution in [-0.2, 0) is 0 Å². The first-order valence-corrected chi connectivity index (χ1v) is 8.92. The quantitative estimate of drug-likeness (QED) is 0.538. The number of carbonyl (C=O) groups excluding carboxylic acids is 1. The van der Waals surface area contributed by atoms with Gasteiger partial charge in [0.05, 0.1) is 6.21 Å². The smallest absolute Gasteiger partial charge is 0.271 e. The van der Waals surface area contributed by atoms with Gasteiger partial charge in [0, 0.05) is 48.0 Å². The number of hydrogen-bond acceptors (Lipinski definition) is 3. The van der Waals surface area contributed by atoms with Crippen molar-refractivity contribution in [2.24, 2.45) is 5.10 Å². The van der Waals surface area contributed by atoms with Crippen LogP contribution in [0.5, 0.6) is 0 Å². The number of hydrogen-bond donors (Lipinski definition) is 1. The number of aryl methyl sites for hydroxylation is 1. The molecule has 0 saturated heterocycles. The molecule has 0 radical (unpaired) electrons. The zero-order chi connectivity index (χ0) is 20.3. The summed E-state index contributed by atoms with van der Waals surface area (Å²) >= 11 is 0. The predicted octanol–water partition coefficient (Wildman–Crippen LogP) is 4.06. The van der Waals surface area contributed by atoms with Crippen molar-refractivity contribution in [1.29, 1.82) is 0 Å². The number of halogens is 1. The van der Waals surface area contributed by atoms with Crippen LogP contribution in [0.4, 0.5) is 10.1 Å². The second-order valence-electron chi connectivity index (χ2n) is 6.78. The molecule has 0 unspecified atom stereocenters. The number of rotatable bonds is 5. The van der Waals surface area contributed by atoms with Crippen molar-refractivity contribution < 1.29 is 9.18 Å². The molecule has 1 amide bonds. The van der Waals surface area contributed by atoms with Gasteiger partial charge in [-0.15, -0.1) is 0 Å². The van der Waals surface area contributed by atoms with Crippen molar-refractivity contribution in [3.8, 4) is 5.69 Å². The van der Waals surface area contributed by atoms with E-state index < -0.39 is 0 Å². The summed E-state index contributed by atoms with van der Waals surface area (Å²) in [5.74, 6) is -0.540. The van der Waals surface area contributed by atoms with Gasteiger partial charge < -0.3 is 9.47 Å². The molecular weight excluding hydrogens is 355 g/mol. The molecule has 2 aromatic carbocycles. The zero-order valence-corrected chi connectivity index (χ0v) is 16.4. The fourth-order valence-corrected chi connectivity index (χ4v) is 3.06. The summed E-state index contributed by atoms with van der Waals surface area (Å²) in [7, 11) is 3.85. The van der Waals surface area contributed by atoms with Crippen molar-refractivity contribution in [3.05, 3.63) is 82.9 Å². The average Bonchev–Trinajstić information content (AvgIpc) is 2.96. The van der Waals surface area contributed by atoms with Gasteiger partial charge >= 0.3 is 0 Å². The van der Waals surface area contributed by atoms with E-state index in [1.54, 1.807) is 24.4 Å². The summed E-state index contributed by atoms with van der Waals surface area (Å²) in [6.07, 6.45) is 1.62. The number of carbonyl (C=O) groups is 1. The Labute approximate surface area is 164 Å². The lowest BCUT2D eigenvalue weighted by Crippen LogP contribution is -2.18. The van der Waals surface area contributed by atoms with E-state index in [1.165, 1.54) is 12.1 Å². The molecule has 0 aliphatic carbocycles. The molecule has 6 heteroatoms. The number of amides is 1. The lowest BCUT2D eigenvalue weighted by atomic mass is 10.2. The Bertz CT molecular complexity index is 1020. The number of nitrogens with one attached hydrogen (secondary N) is 1. The summed E-state index contributed by atoms with van der Waals surface area (Å²) in [6.45, 7) is 3.93. The number of hydrazone groups is 1. The molecule has 1 aromatic heterocycles. The van der Waals surface area contributed by atoms with Gasteiger partial charge in [-0.25, -0.2) is 9.82 Å². The third-order valence-corrected chi connectivity index (χ3v) is 4.55. The fourth-order valence-electron chi connectivity index (χ4n) is 3.06. The van der Waals surface area contributed by atoms with Crippen molar-refractivity contribution in [2.75, 3.05) is 19.0 Å². The first-order valence-electron chi connectivity index (χ1n) is 8.92. The highest BCUT2D eigenvalue weighted by molar-refractivity contribution is 5.95. The minimum absolute atomic E-state index is 0.269.